The van der Waals surface area contributed by atoms with Crippen molar-refractivity contribution in [2.75, 3.05) is 33.4 Å². The van der Waals surface area contributed by atoms with Gasteiger partial charge in [-0.25, -0.2) is 14.4 Å². The second-order valence-corrected chi connectivity index (χ2v) is 13.1. The third-order valence-electron chi connectivity index (χ3n) is 9.95. The number of halogens is 1. The standard InChI is InChI=1S/C37H38FN7O4/c1-20-32(21(2)49-44-20)28-16-30-27(17-31(28)47-3)33-34(25-11-12-39-29-10-9-22(38)15-26(25)29)42-36(43-35(33)41-30)37(46)40-23-7-4-5-13-45(14-6-8-23)24-18-48-19-24/h9-12,15-17,23-24H,4-8,13-14,18-19H2,1-3H3,(H,40,46)(H,41,42,43). The Hall–Kier alpha value is -4.94. The van der Waals surface area contributed by atoms with Crippen LogP contribution in [0.1, 0.15) is 54.2 Å². The van der Waals surface area contributed by atoms with E-state index in [4.69, 9.17) is 24.0 Å². The minimum absolute atomic E-state index is 0.00766. The monoisotopic (exact) mass is 663 g/mol. The van der Waals surface area contributed by atoms with Crippen molar-refractivity contribution in [3.05, 3.63) is 65.7 Å². The summed E-state index contributed by atoms with van der Waals surface area (Å²) in [6.45, 7) is 7.42. The lowest BCUT2D eigenvalue weighted by Crippen LogP contribution is -2.49. The van der Waals surface area contributed by atoms with Crippen LogP contribution in [0.25, 0.3) is 55.2 Å². The van der Waals surface area contributed by atoms with Crippen molar-refractivity contribution in [1.82, 2.24) is 35.3 Å². The number of ether oxygens (including phenoxy) is 2. The summed E-state index contributed by atoms with van der Waals surface area (Å²) in [7, 11) is 1.62. The molecule has 8 rings (SSSR count). The number of aryl methyl sites for hydroxylation is 2. The van der Waals surface area contributed by atoms with Crippen LogP contribution in [-0.4, -0.2) is 81.4 Å². The first-order chi connectivity index (χ1) is 23.9. The first-order valence-corrected chi connectivity index (χ1v) is 16.9. The molecule has 6 aromatic rings. The third-order valence-corrected chi connectivity index (χ3v) is 9.95. The van der Waals surface area contributed by atoms with Crippen LogP contribution in [0.15, 0.2) is 47.1 Å². The number of pyridine rings is 1. The molecule has 1 atom stereocenters. The molecule has 1 amide bonds. The Balaban J connectivity index is 1.23. The summed E-state index contributed by atoms with van der Waals surface area (Å²) >= 11 is 0. The van der Waals surface area contributed by atoms with Crippen LogP contribution < -0.4 is 10.1 Å². The van der Waals surface area contributed by atoms with Gasteiger partial charge in [0.05, 0.1) is 54.2 Å². The van der Waals surface area contributed by atoms with Crippen LogP contribution in [0.4, 0.5) is 4.39 Å². The molecule has 0 aliphatic carbocycles. The maximum Gasteiger partial charge on any atom is 0.289 e. The molecular formula is C37H38FN7O4. The average molecular weight is 664 g/mol. The number of hydrogen-bond donors (Lipinski definition) is 2. The number of fused-ring (bicyclic) bond motifs is 4. The zero-order valence-corrected chi connectivity index (χ0v) is 27.8. The molecule has 4 aromatic heterocycles. The summed E-state index contributed by atoms with van der Waals surface area (Å²) in [6.07, 6.45) is 6.52. The van der Waals surface area contributed by atoms with Gasteiger partial charge in [0.1, 0.15) is 23.0 Å². The highest BCUT2D eigenvalue weighted by Gasteiger charge is 2.28. The van der Waals surface area contributed by atoms with Gasteiger partial charge >= 0.3 is 0 Å². The van der Waals surface area contributed by atoms with Crippen LogP contribution in [0, 0.1) is 19.7 Å². The number of carbonyl (C=O) groups excluding carboxylic acids is 1. The number of amides is 1. The largest absolute Gasteiger partial charge is 0.496 e. The molecule has 2 fully saturated rings. The highest BCUT2D eigenvalue weighted by atomic mass is 19.1. The van der Waals surface area contributed by atoms with Crippen LogP contribution >= 0.6 is 0 Å². The number of methoxy groups -OCH3 is 1. The zero-order chi connectivity index (χ0) is 33.6. The molecule has 0 spiro atoms. The van der Waals surface area contributed by atoms with Gasteiger partial charge < -0.3 is 24.3 Å². The van der Waals surface area contributed by atoms with E-state index in [0.717, 1.165) is 86.1 Å². The number of aromatic nitrogens is 5. The minimum atomic E-state index is -0.390. The molecule has 12 heteroatoms. The fourth-order valence-electron chi connectivity index (χ4n) is 7.37. The van der Waals surface area contributed by atoms with E-state index in [1.165, 1.54) is 12.1 Å². The molecule has 11 nitrogen and oxygen atoms in total. The first-order valence-electron chi connectivity index (χ1n) is 16.9. The van der Waals surface area contributed by atoms with Crippen molar-refractivity contribution in [1.29, 1.82) is 0 Å². The molecule has 49 heavy (non-hydrogen) atoms. The lowest BCUT2D eigenvalue weighted by atomic mass is 9.99. The van der Waals surface area contributed by atoms with E-state index in [-0.39, 0.29) is 17.8 Å². The molecule has 0 radical (unpaired) electrons. The highest BCUT2D eigenvalue weighted by Crippen LogP contribution is 2.42. The van der Waals surface area contributed by atoms with E-state index < -0.39 is 5.82 Å². The number of hydrogen-bond acceptors (Lipinski definition) is 9. The van der Waals surface area contributed by atoms with E-state index in [2.05, 4.69) is 25.3 Å². The number of rotatable bonds is 6. The number of carbonyl (C=O) groups is 1. The molecule has 0 saturated carbocycles. The Labute approximate surface area is 282 Å². The summed E-state index contributed by atoms with van der Waals surface area (Å²) in [5.74, 6) is 0.601. The van der Waals surface area contributed by atoms with Crippen molar-refractivity contribution in [2.45, 2.75) is 58.0 Å². The molecule has 2 aliphatic rings. The van der Waals surface area contributed by atoms with Crippen LogP contribution in [0.5, 0.6) is 5.75 Å². The fraction of sp³-hybridized carbons (Fsp3) is 0.378. The Morgan fingerprint density at radius 3 is 2.63 bits per heavy atom. The molecule has 2 N–H and O–H groups in total. The number of H-pyrrole nitrogens is 1. The molecular weight excluding hydrogens is 625 g/mol. The van der Waals surface area contributed by atoms with E-state index in [9.17, 15) is 9.18 Å². The number of benzene rings is 2. The Morgan fingerprint density at radius 1 is 1.02 bits per heavy atom. The van der Waals surface area contributed by atoms with Gasteiger partial charge in [0.25, 0.3) is 5.91 Å². The lowest BCUT2D eigenvalue weighted by molar-refractivity contribution is -0.0652. The molecule has 6 heterocycles. The third kappa shape index (κ3) is 5.78. The van der Waals surface area contributed by atoms with Crippen molar-refractivity contribution in [3.8, 4) is 28.1 Å². The summed E-state index contributed by atoms with van der Waals surface area (Å²) < 4.78 is 31.4. The molecule has 1 unspecified atom stereocenters. The number of nitrogens with zero attached hydrogens (tertiary/aromatic N) is 5. The van der Waals surface area contributed by atoms with Gasteiger partial charge in [-0.15, -0.1) is 0 Å². The van der Waals surface area contributed by atoms with Gasteiger partial charge in [0, 0.05) is 39.7 Å². The van der Waals surface area contributed by atoms with E-state index in [1.54, 1.807) is 25.4 Å². The topological polar surface area (TPSA) is 131 Å². The molecule has 2 aromatic carbocycles. The first kappa shape index (κ1) is 31.3. The maximum absolute atomic E-state index is 14.7. The quantitative estimate of drug-likeness (QED) is 0.205. The maximum atomic E-state index is 14.7. The van der Waals surface area contributed by atoms with Gasteiger partial charge in [-0.3, -0.25) is 14.7 Å². The van der Waals surface area contributed by atoms with Crippen molar-refractivity contribution >= 4 is 38.7 Å². The molecule has 2 saturated heterocycles. The summed E-state index contributed by atoms with van der Waals surface area (Å²) in [5, 5.41) is 9.46. The number of nitrogens with one attached hydrogen (secondary N) is 2. The molecule has 2 aliphatic heterocycles. The predicted molar refractivity (Wildman–Crippen MR) is 184 cm³/mol. The van der Waals surface area contributed by atoms with Gasteiger partial charge in [-0.05, 0) is 89.0 Å². The Bertz CT molecular complexity index is 2190. The highest BCUT2D eigenvalue weighted by molar-refractivity contribution is 6.16. The van der Waals surface area contributed by atoms with Gasteiger partial charge in [-0.2, -0.15) is 0 Å². The summed E-state index contributed by atoms with van der Waals surface area (Å²) in [4.78, 5) is 34.2. The normalized spacial score (nSPS) is 17.9. The van der Waals surface area contributed by atoms with E-state index >= 15 is 0 Å². The second-order valence-electron chi connectivity index (χ2n) is 13.1. The van der Waals surface area contributed by atoms with Gasteiger partial charge in [0.15, 0.2) is 0 Å². The van der Waals surface area contributed by atoms with Crippen molar-refractivity contribution in [3.63, 3.8) is 0 Å². The smallest absolute Gasteiger partial charge is 0.289 e. The Morgan fingerprint density at radius 2 is 1.86 bits per heavy atom. The molecule has 252 valence electrons. The fourth-order valence-corrected chi connectivity index (χ4v) is 7.37. The predicted octanol–water partition coefficient (Wildman–Crippen LogP) is 6.51. The van der Waals surface area contributed by atoms with E-state index in [1.807, 2.05) is 26.0 Å². The van der Waals surface area contributed by atoms with E-state index in [0.29, 0.717) is 50.7 Å². The summed E-state index contributed by atoms with van der Waals surface area (Å²) in [6, 6.07) is 10.7. The average Bonchev–Trinajstić information content (AvgIpc) is 3.64. The van der Waals surface area contributed by atoms with Crippen molar-refractivity contribution < 1.29 is 23.2 Å². The van der Waals surface area contributed by atoms with Crippen LogP contribution in [0.2, 0.25) is 0 Å². The zero-order valence-electron chi connectivity index (χ0n) is 27.8. The lowest BCUT2D eigenvalue weighted by Gasteiger charge is -2.37. The van der Waals surface area contributed by atoms with Crippen LogP contribution in [0.3, 0.4) is 0 Å². The second kappa shape index (κ2) is 12.8. The number of aromatic amines is 1. The van der Waals surface area contributed by atoms with Gasteiger partial charge in [0.2, 0.25) is 5.82 Å². The molecule has 0 bridgehead atoms. The Kier molecular flexibility index (Phi) is 8.20. The SMILES string of the molecule is COc1cc2c(cc1-c1c(C)noc1C)[nH]c1nc(C(=O)NC3CCCCN(C4COC4)CCC3)nc(-c3ccnc4ccc(F)cc34)c12. The summed E-state index contributed by atoms with van der Waals surface area (Å²) in [5.41, 5.74) is 5.40. The minimum Gasteiger partial charge on any atom is -0.496 e. The van der Waals surface area contributed by atoms with Crippen molar-refractivity contribution in [2.24, 2.45) is 0 Å². The van der Waals surface area contributed by atoms with Crippen LogP contribution in [-0.2, 0) is 4.74 Å². The van der Waals surface area contributed by atoms with Gasteiger partial charge in [-0.1, -0.05) is 11.6 Å².